The van der Waals surface area contributed by atoms with Crippen LogP contribution in [-0.4, -0.2) is 35.7 Å². The van der Waals surface area contributed by atoms with Crippen molar-refractivity contribution in [3.63, 3.8) is 0 Å². The normalized spacial score (nSPS) is 11.3. The van der Waals surface area contributed by atoms with Gasteiger partial charge in [0.05, 0.1) is 42.1 Å². The minimum absolute atomic E-state index is 0.0726. The van der Waals surface area contributed by atoms with Gasteiger partial charge in [0.2, 0.25) is 0 Å². The number of nitrogens with one attached hydrogen (secondary N) is 1. The van der Waals surface area contributed by atoms with Crippen molar-refractivity contribution < 1.29 is 32.2 Å². The van der Waals surface area contributed by atoms with Gasteiger partial charge in [-0.2, -0.15) is 13.2 Å². The number of rotatable bonds is 7. The van der Waals surface area contributed by atoms with Crippen LogP contribution >= 0.6 is 23.2 Å². The minimum atomic E-state index is -4.45. The number of carbonyl (C=O) groups is 2. The highest BCUT2D eigenvalue weighted by atomic mass is 35.5. The molecule has 0 aliphatic heterocycles. The summed E-state index contributed by atoms with van der Waals surface area (Å²) in [6.07, 6.45) is 0.189. The molecule has 0 unspecified atom stereocenters. The lowest BCUT2D eigenvalue weighted by atomic mass is 9.99. The molecular weight excluding hydrogens is 712 g/mol. The lowest BCUT2D eigenvalue weighted by Gasteiger charge is -2.14. The summed E-state index contributed by atoms with van der Waals surface area (Å²) in [5.74, 6) is -0.844. The van der Waals surface area contributed by atoms with E-state index in [4.69, 9.17) is 32.7 Å². The molecule has 0 saturated heterocycles. The van der Waals surface area contributed by atoms with Crippen LogP contribution in [0.25, 0.3) is 27.5 Å². The lowest BCUT2D eigenvalue weighted by Crippen LogP contribution is -2.10. The lowest BCUT2D eigenvalue weighted by molar-refractivity contribution is -0.137. The van der Waals surface area contributed by atoms with E-state index in [0.717, 1.165) is 44.6 Å². The molecule has 0 fully saturated rings. The van der Waals surface area contributed by atoms with Gasteiger partial charge in [-0.1, -0.05) is 59.6 Å². The molecule has 0 bridgehead atoms. The van der Waals surface area contributed by atoms with Crippen LogP contribution in [0.3, 0.4) is 0 Å². The molecule has 264 valence electrons. The highest BCUT2D eigenvalue weighted by molar-refractivity contribution is 6.31. The molecular formula is C41H31Cl2F3N2O4. The Morgan fingerprint density at radius 3 is 1.87 bits per heavy atom. The van der Waals surface area contributed by atoms with Crippen LogP contribution in [-0.2, 0) is 28.5 Å². The van der Waals surface area contributed by atoms with Crippen molar-refractivity contribution in [2.24, 2.45) is 0 Å². The van der Waals surface area contributed by atoms with E-state index < -0.39 is 17.7 Å². The summed E-state index contributed by atoms with van der Waals surface area (Å²) in [6.45, 7) is 0. The van der Waals surface area contributed by atoms with E-state index in [1.54, 1.807) is 54.7 Å². The quantitative estimate of drug-likeness (QED) is 0.165. The zero-order valence-corrected chi connectivity index (χ0v) is 29.4. The maximum Gasteiger partial charge on any atom is 0.418 e. The Bertz CT molecular complexity index is 2420. The Kier molecular flexibility index (Phi) is 10.7. The molecule has 0 spiro atoms. The van der Waals surface area contributed by atoms with Crippen LogP contribution in [0.15, 0.2) is 122 Å². The first-order valence-electron chi connectivity index (χ1n) is 16.0. The monoisotopic (exact) mass is 742 g/mol. The number of hydrogen-bond donors (Lipinski definition) is 1. The molecule has 52 heavy (non-hydrogen) atoms. The van der Waals surface area contributed by atoms with Crippen LogP contribution in [0.5, 0.6) is 0 Å². The van der Waals surface area contributed by atoms with E-state index in [9.17, 15) is 22.8 Å². The largest absolute Gasteiger partial charge is 0.465 e. The molecule has 0 aliphatic carbocycles. The maximum atomic E-state index is 13.4. The summed E-state index contributed by atoms with van der Waals surface area (Å²) in [5, 5.41) is 2.91. The third-order valence-corrected chi connectivity index (χ3v) is 9.06. The van der Waals surface area contributed by atoms with Crippen molar-refractivity contribution in [2.75, 3.05) is 14.2 Å². The molecule has 2 aromatic heterocycles. The fraction of sp³-hybridized carbons (Fsp3) is 0.122. The average molecular weight is 744 g/mol. The van der Waals surface area contributed by atoms with Crippen molar-refractivity contribution in [1.82, 2.24) is 9.55 Å². The molecule has 2 heterocycles. The number of ether oxygens (including phenoxy) is 2. The smallest absolute Gasteiger partial charge is 0.418 e. The van der Waals surface area contributed by atoms with Crippen molar-refractivity contribution in [1.29, 1.82) is 0 Å². The van der Waals surface area contributed by atoms with E-state index >= 15 is 0 Å². The van der Waals surface area contributed by atoms with Gasteiger partial charge in [0, 0.05) is 33.3 Å². The third kappa shape index (κ3) is 8.01. The molecule has 0 saturated carbocycles. The summed E-state index contributed by atoms with van der Waals surface area (Å²) in [4.78, 5) is 27.1. The Morgan fingerprint density at radius 2 is 1.27 bits per heavy atom. The first-order valence-corrected chi connectivity index (χ1v) is 16.8. The Morgan fingerprint density at radius 1 is 0.692 bits per heavy atom. The van der Waals surface area contributed by atoms with Crippen LogP contribution in [0.2, 0.25) is 10.0 Å². The van der Waals surface area contributed by atoms with Crippen molar-refractivity contribution in [2.45, 2.75) is 19.0 Å². The standard InChI is InChI=1S/C24H17ClF3NO2.C17H14ClNO2/c1-31-23(30)19-14-18(25)8-7-16(19)12-15-6-9-21-17(13-15)10-11-29(21)22-5-3-2-4-20(22)24(26,27)28;1-21-17(20)15-10-14(18)4-3-12(15)8-11-2-5-16-13(9-11)6-7-19-16/h2-11,13-14H,12H2,1H3;2-7,9-10,19H,8H2,1H3. The second-order valence-corrected chi connectivity index (χ2v) is 12.8. The summed E-state index contributed by atoms with van der Waals surface area (Å²) in [7, 11) is 2.68. The number of aromatic nitrogens is 2. The summed E-state index contributed by atoms with van der Waals surface area (Å²) in [6, 6.07) is 31.4. The number of hydrogen-bond acceptors (Lipinski definition) is 4. The predicted octanol–water partition coefficient (Wildman–Crippen LogP) is 10.9. The molecule has 5 aromatic carbocycles. The number of esters is 2. The third-order valence-electron chi connectivity index (χ3n) is 8.58. The number of H-pyrrole nitrogens is 1. The molecule has 0 atom stereocenters. The summed E-state index contributed by atoms with van der Waals surface area (Å²) < 4.78 is 51.5. The van der Waals surface area contributed by atoms with Gasteiger partial charge >= 0.3 is 18.1 Å². The van der Waals surface area contributed by atoms with Crippen molar-refractivity contribution in [3.8, 4) is 5.69 Å². The first kappa shape index (κ1) is 36.3. The molecule has 7 aromatic rings. The number of carbonyl (C=O) groups excluding carboxylic acids is 2. The first-order chi connectivity index (χ1) is 24.9. The fourth-order valence-corrected chi connectivity index (χ4v) is 6.44. The van der Waals surface area contributed by atoms with Gasteiger partial charge < -0.3 is 19.0 Å². The van der Waals surface area contributed by atoms with Crippen molar-refractivity contribution >= 4 is 56.9 Å². The second-order valence-electron chi connectivity index (χ2n) is 11.9. The number of fused-ring (bicyclic) bond motifs is 2. The zero-order chi connectivity index (χ0) is 37.0. The van der Waals surface area contributed by atoms with Gasteiger partial charge in [-0.15, -0.1) is 0 Å². The highest BCUT2D eigenvalue weighted by Gasteiger charge is 2.33. The number of benzene rings is 5. The second kappa shape index (κ2) is 15.4. The Balaban J connectivity index is 0.000000192. The number of methoxy groups -OCH3 is 2. The topological polar surface area (TPSA) is 73.3 Å². The number of aromatic amines is 1. The highest BCUT2D eigenvalue weighted by Crippen LogP contribution is 2.35. The molecule has 11 heteroatoms. The van der Waals surface area contributed by atoms with E-state index in [1.165, 1.54) is 30.9 Å². The fourth-order valence-electron chi connectivity index (χ4n) is 6.09. The van der Waals surface area contributed by atoms with Crippen LogP contribution in [0.1, 0.15) is 48.5 Å². The Hall–Kier alpha value is -5.51. The number of halogens is 5. The van der Waals surface area contributed by atoms with Gasteiger partial charge in [0.25, 0.3) is 0 Å². The van der Waals surface area contributed by atoms with Gasteiger partial charge in [0.1, 0.15) is 0 Å². The van der Waals surface area contributed by atoms with Gasteiger partial charge in [-0.05, 0) is 113 Å². The van der Waals surface area contributed by atoms with Crippen molar-refractivity contribution in [3.05, 3.63) is 171 Å². The Labute approximate surface area is 307 Å². The maximum absolute atomic E-state index is 13.4. The SMILES string of the molecule is COC(=O)c1cc(Cl)ccc1Cc1ccc2[nH]ccc2c1.COC(=O)c1cc(Cl)ccc1Cc1ccc2c(ccn2-c2ccccc2C(F)(F)F)c1. The molecule has 0 amide bonds. The predicted molar refractivity (Wildman–Crippen MR) is 198 cm³/mol. The number of alkyl halides is 3. The van der Waals surface area contributed by atoms with Gasteiger partial charge in [0.15, 0.2) is 0 Å². The van der Waals surface area contributed by atoms with E-state index in [-0.39, 0.29) is 11.7 Å². The van der Waals surface area contributed by atoms with Crippen LogP contribution in [0, 0.1) is 0 Å². The van der Waals surface area contributed by atoms with E-state index in [0.29, 0.717) is 39.5 Å². The van der Waals surface area contributed by atoms with Gasteiger partial charge in [-0.3, -0.25) is 0 Å². The molecule has 0 aliphatic rings. The molecule has 7 rings (SSSR count). The van der Waals surface area contributed by atoms with Crippen LogP contribution in [0.4, 0.5) is 13.2 Å². The van der Waals surface area contributed by atoms with E-state index in [1.807, 2.05) is 36.5 Å². The van der Waals surface area contributed by atoms with Gasteiger partial charge in [-0.25, -0.2) is 9.59 Å². The average Bonchev–Trinajstić information content (AvgIpc) is 3.79. The van der Waals surface area contributed by atoms with E-state index in [2.05, 4.69) is 17.1 Å². The molecule has 1 N–H and O–H groups in total. The number of para-hydroxylation sites is 1. The zero-order valence-electron chi connectivity index (χ0n) is 27.9. The number of nitrogens with zero attached hydrogens (tertiary/aromatic N) is 1. The summed E-state index contributed by atoms with van der Waals surface area (Å²) >= 11 is 12.0. The minimum Gasteiger partial charge on any atom is -0.465 e. The summed E-state index contributed by atoms with van der Waals surface area (Å²) in [5.41, 5.74) is 5.72. The molecule has 0 radical (unpaired) electrons. The van der Waals surface area contributed by atoms with Crippen LogP contribution < -0.4 is 0 Å². The molecule has 6 nitrogen and oxygen atoms in total.